The summed E-state index contributed by atoms with van der Waals surface area (Å²) < 4.78 is 32.2. The maximum Gasteiger partial charge on any atom is 0.265 e. The number of likely N-dealkylation sites (N-methyl/N-ethyl adjacent to an activating group) is 1. The number of sulfonamides is 1. The van der Waals surface area contributed by atoms with Gasteiger partial charge in [0.15, 0.2) is 0 Å². The molecule has 1 aromatic rings. The zero-order chi connectivity index (χ0) is 17.0. The fourth-order valence-electron chi connectivity index (χ4n) is 2.38. The first-order chi connectivity index (χ1) is 10.9. The Labute approximate surface area is 141 Å². The normalized spacial score (nSPS) is 16.3. The van der Waals surface area contributed by atoms with Crippen LogP contribution in [0.5, 0.6) is 0 Å². The lowest BCUT2D eigenvalue weighted by molar-refractivity contribution is 0.0728. The van der Waals surface area contributed by atoms with E-state index in [4.69, 9.17) is 4.74 Å². The summed E-state index contributed by atoms with van der Waals surface area (Å²) >= 11 is 1.16. The third kappa shape index (κ3) is 4.00. The molecule has 2 rings (SSSR count). The van der Waals surface area contributed by atoms with E-state index in [1.54, 1.807) is 10.3 Å². The Morgan fingerprint density at radius 2 is 2.09 bits per heavy atom. The van der Waals surface area contributed by atoms with Crippen LogP contribution in [0.2, 0.25) is 0 Å². The van der Waals surface area contributed by atoms with E-state index < -0.39 is 10.0 Å². The number of thiophene rings is 1. The van der Waals surface area contributed by atoms with Crippen LogP contribution < -0.4 is 0 Å². The van der Waals surface area contributed by atoms with Crippen molar-refractivity contribution in [1.82, 2.24) is 9.21 Å². The Morgan fingerprint density at radius 3 is 2.65 bits per heavy atom. The molecule has 1 fully saturated rings. The largest absolute Gasteiger partial charge is 0.379 e. The predicted molar refractivity (Wildman–Crippen MR) is 90.3 cm³/mol. The fourth-order valence-corrected chi connectivity index (χ4v) is 5.15. The summed E-state index contributed by atoms with van der Waals surface area (Å²) in [5, 5.41) is 1.65. The predicted octanol–water partition coefficient (Wildman–Crippen LogP) is 1.81. The van der Waals surface area contributed by atoms with E-state index in [2.05, 4.69) is 6.58 Å². The highest BCUT2D eigenvalue weighted by atomic mass is 32.2. The van der Waals surface area contributed by atoms with E-state index >= 15 is 0 Å². The topological polar surface area (TPSA) is 66.9 Å². The lowest BCUT2D eigenvalue weighted by Crippen LogP contribution is -2.41. The number of morpholine rings is 1. The molecule has 1 aromatic heterocycles. The molecule has 6 nitrogen and oxygen atoms in total. The van der Waals surface area contributed by atoms with Crippen molar-refractivity contribution in [2.75, 3.05) is 39.4 Å². The number of hydrogen-bond acceptors (Lipinski definition) is 5. The van der Waals surface area contributed by atoms with Gasteiger partial charge >= 0.3 is 0 Å². The molecule has 1 saturated heterocycles. The van der Waals surface area contributed by atoms with Crippen LogP contribution >= 0.6 is 11.3 Å². The van der Waals surface area contributed by atoms with Gasteiger partial charge in [0, 0.05) is 26.2 Å². The highest BCUT2D eigenvalue weighted by Gasteiger charge is 2.32. The third-order valence-electron chi connectivity index (χ3n) is 3.54. The smallest absolute Gasteiger partial charge is 0.265 e. The van der Waals surface area contributed by atoms with Gasteiger partial charge in [0.1, 0.15) is 9.77 Å². The quantitative estimate of drug-likeness (QED) is 0.728. The van der Waals surface area contributed by atoms with Crippen molar-refractivity contribution >= 4 is 27.3 Å². The van der Waals surface area contributed by atoms with Crippen molar-refractivity contribution in [2.24, 2.45) is 0 Å². The molecule has 1 aliphatic rings. The number of rotatable bonds is 6. The number of ether oxygens (including phenoxy) is 1. The molecule has 0 unspecified atom stereocenters. The molecule has 23 heavy (non-hydrogen) atoms. The lowest BCUT2D eigenvalue weighted by atomic mass is 10.3. The van der Waals surface area contributed by atoms with E-state index in [1.807, 2.05) is 13.8 Å². The number of hydrogen-bond donors (Lipinski definition) is 0. The fraction of sp³-hybridized carbons (Fsp3) is 0.533. The second-order valence-corrected chi connectivity index (χ2v) is 8.23. The Kier molecular flexibility index (Phi) is 5.96. The zero-order valence-corrected chi connectivity index (χ0v) is 15.1. The van der Waals surface area contributed by atoms with E-state index in [0.29, 0.717) is 39.4 Å². The molecule has 0 spiro atoms. The number of amides is 1. The minimum atomic E-state index is -3.67. The van der Waals surface area contributed by atoms with Gasteiger partial charge in [-0.2, -0.15) is 4.31 Å². The number of nitrogens with zero attached hydrogens (tertiary/aromatic N) is 2. The monoisotopic (exact) mass is 358 g/mol. The highest BCUT2D eigenvalue weighted by molar-refractivity contribution is 7.89. The standard InChI is InChI=1S/C15H22N2O4S2/c1-4-16(11-12(2)3)15(18)14-13(5-10-22-14)23(19,20)17-6-8-21-9-7-17/h5,10H,2,4,6-9,11H2,1,3H3. The molecule has 0 aromatic carbocycles. The average molecular weight is 358 g/mol. The minimum Gasteiger partial charge on any atom is -0.379 e. The number of carbonyl (C=O) groups excluding carboxylic acids is 1. The molecular formula is C15H22N2O4S2. The van der Waals surface area contributed by atoms with E-state index in [1.165, 1.54) is 10.4 Å². The molecule has 0 atom stereocenters. The van der Waals surface area contributed by atoms with Gasteiger partial charge < -0.3 is 9.64 Å². The van der Waals surface area contributed by atoms with Crippen LogP contribution in [0.15, 0.2) is 28.5 Å². The first kappa shape index (κ1) is 18.1. The molecule has 1 aliphatic heterocycles. The molecule has 0 radical (unpaired) electrons. The summed E-state index contributed by atoms with van der Waals surface area (Å²) in [6.07, 6.45) is 0. The van der Waals surface area contributed by atoms with Gasteiger partial charge in [0.05, 0.1) is 13.2 Å². The van der Waals surface area contributed by atoms with Crippen molar-refractivity contribution < 1.29 is 17.9 Å². The van der Waals surface area contributed by atoms with Crippen molar-refractivity contribution in [2.45, 2.75) is 18.7 Å². The van der Waals surface area contributed by atoms with Crippen LogP contribution in [0, 0.1) is 0 Å². The SMILES string of the molecule is C=C(C)CN(CC)C(=O)c1sccc1S(=O)(=O)N1CCOCC1. The zero-order valence-electron chi connectivity index (χ0n) is 13.4. The summed E-state index contributed by atoms with van der Waals surface area (Å²) in [7, 11) is -3.67. The van der Waals surface area contributed by atoms with E-state index in [9.17, 15) is 13.2 Å². The van der Waals surface area contributed by atoms with E-state index in [-0.39, 0.29) is 15.7 Å². The van der Waals surface area contributed by atoms with Crippen LogP contribution in [0.1, 0.15) is 23.5 Å². The second-order valence-electron chi connectivity index (χ2n) is 5.41. The molecular weight excluding hydrogens is 336 g/mol. The van der Waals surface area contributed by atoms with Crippen molar-refractivity contribution in [3.8, 4) is 0 Å². The van der Waals surface area contributed by atoms with Gasteiger partial charge in [-0.1, -0.05) is 12.2 Å². The maximum atomic E-state index is 12.8. The maximum absolute atomic E-state index is 12.8. The van der Waals surface area contributed by atoms with Gasteiger partial charge in [-0.05, 0) is 25.3 Å². The molecule has 0 N–H and O–H groups in total. The van der Waals surface area contributed by atoms with E-state index in [0.717, 1.165) is 16.9 Å². The first-order valence-corrected chi connectivity index (χ1v) is 9.79. The van der Waals surface area contributed by atoms with Crippen molar-refractivity contribution in [1.29, 1.82) is 0 Å². The highest BCUT2D eigenvalue weighted by Crippen LogP contribution is 2.27. The van der Waals surface area contributed by atoms with Crippen molar-refractivity contribution in [3.05, 3.63) is 28.5 Å². The Balaban J connectivity index is 2.31. The molecule has 8 heteroatoms. The summed E-state index contributed by atoms with van der Waals surface area (Å²) in [5.74, 6) is -0.266. The van der Waals surface area contributed by atoms with Crippen LogP contribution in [-0.4, -0.2) is 62.9 Å². The Morgan fingerprint density at radius 1 is 1.43 bits per heavy atom. The summed E-state index contributed by atoms with van der Waals surface area (Å²) in [6, 6.07) is 1.51. The van der Waals surface area contributed by atoms with Crippen LogP contribution in [-0.2, 0) is 14.8 Å². The van der Waals surface area contributed by atoms with Gasteiger partial charge in [-0.3, -0.25) is 4.79 Å². The first-order valence-electron chi connectivity index (χ1n) is 7.47. The number of carbonyl (C=O) groups is 1. The van der Waals surface area contributed by atoms with Gasteiger partial charge in [0.25, 0.3) is 5.91 Å². The molecule has 0 aliphatic carbocycles. The Bertz CT molecular complexity index is 675. The van der Waals surface area contributed by atoms with Gasteiger partial charge in [-0.25, -0.2) is 8.42 Å². The lowest BCUT2D eigenvalue weighted by Gasteiger charge is -2.26. The second kappa shape index (κ2) is 7.57. The average Bonchev–Trinajstić information content (AvgIpc) is 3.03. The molecule has 2 heterocycles. The molecule has 128 valence electrons. The Hall–Kier alpha value is -1.22. The minimum absolute atomic E-state index is 0.0922. The summed E-state index contributed by atoms with van der Waals surface area (Å²) in [4.78, 5) is 14.7. The van der Waals surface area contributed by atoms with Crippen LogP contribution in [0.3, 0.4) is 0 Å². The third-order valence-corrected chi connectivity index (χ3v) is 6.51. The molecule has 1 amide bonds. The molecule has 0 saturated carbocycles. The van der Waals surface area contributed by atoms with Crippen LogP contribution in [0.25, 0.3) is 0 Å². The van der Waals surface area contributed by atoms with Crippen LogP contribution in [0.4, 0.5) is 0 Å². The van der Waals surface area contributed by atoms with Gasteiger partial charge in [0.2, 0.25) is 10.0 Å². The van der Waals surface area contributed by atoms with Gasteiger partial charge in [-0.15, -0.1) is 11.3 Å². The summed E-state index contributed by atoms with van der Waals surface area (Å²) in [5.41, 5.74) is 0.856. The van der Waals surface area contributed by atoms with Crippen molar-refractivity contribution in [3.63, 3.8) is 0 Å². The summed E-state index contributed by atoms with van der Waals surface area (Å²) in [6.45, 7) is 9.84. The molecule has 0 bridgehead atoms.